The molecule has 0 radical (unpaired) electrons. The third-order valence-corrected chi connectivity index (χ3v) is 7.25. The monoisotopic (exact) mass is 422 g/mol. The SMILES string of the molecule is C=C1C(=O)OC2CC(=C)C3CCC(C)(OC4OCC(O)C(O)C4OC(C)=O)C3CC12. The highest BCUT2D eigenvalue weighted by Gasteiger charge is 2.55. The topological polar surface area (TPSA) is 112 Å². The van der Waals surface area contributed by atoms with Gasteiger partial charge in [0.15, 0.2) is 12.4 Å². The molecule has 0 aromatic heterocycles. The van der Waals surface area contributed by atoms with E-state index in [1.807, 2.05) is 6.92 Å². The molecule has 4 rings (SSSR count). The van der Waals surface area contributed by atoms with Crippen molar-refractivity contribution in [2.45, 2.75) is 75.8 Å². The van der Waals surface area contributed by atoms with Crippen LogP contribution in [0.1, 0.15) is 39.5 Å². The highest BCUT2D eigenvalue weighted by molar-refractivity contribution is 5.90. The number of hydrogen-bond donors (Lipinski definition) is 2. The van der Waals surface area contributed by atoms with Crippen LogP contribution in [0.25, 0.3) is 0 Å². The molecule has 30 heavy (non-hydrogen) atoms. The van der Waals surface area contributed by atoms with Crippen molar-refractivity contribution in [3.8, 4) is 0 Å². The summed E-state index contributed by atoms with van der Waals surface area (Å²) in [6, 6.07) is 0. The average molecular weight is 422 g/mol. The lowest BCUT2D eigenvalue weighted by Crippen LogP contribution is -2.57. The fraction of sp³-hybridized carbons (Fsp3) is 0.727. The Balaban J connectivity index is 1.57. The standard InChI is InChI=1S/C22H30O8/c1-10-7-17-14(11(2)20(26)29-17)8-15-13(10)5-6-22(15,4)30-21-19(28-12(3)23)18(25)16(24)9-27-21/h13-19,21,24-25H,1-2,5-9H2,3-4H3. The Kier molecular flexibility index (Phi) is 5.55. The van der Waals surface area contributed by atoms with E-state index in [2.05, 4.69) is 13.2 Å². The summed E-state index contributed by atoms with van der Waals surface area (Å²) in [6.45, 7) is 11.3. The number of hydrogen-bond acceptors (Lipinski definition) is 8. The van der Waals surface area contributed by atoms with E-state index in [9.17, 15) is 19.8 Å². The molecular formula is C22H30O8. The van der Waals surface area contributed by atoms with E-state index in [0.29, 0.717) is 18.4 Å². The van der Waals surface area contributed by atoms with E-state index in [-0.39, 0.29) is 36.4 Å². The van der Waals surface area contributed by atoms with Gasteiger partial charge in [0.1, 0.15) is 18.3 Å². The van der Waals surface area contributed by atoms with Gasteiger partial charge in [0, 0.05) is 24.8 Å². The molecule has 2 aliphatic heterocycles. The van der Waals surface area contributed by atoms with Gasteiger partial charge in [0.25, 0.3) is 0 Å². The third kappa shape index (κ3) is 3.60. The van der Waals surface area contributed by atoms with Crippen molar-refractivity contribution in [2.24, 2.45) is 17.8 Å². The van der Waals surface area contributed by atoms with E-state index in [4.69, 9.17) is 18.9 Å². The van der Waals surface area contributed by atoms with Gasteiger partial charge in [-0.2, -0.15) is 0 Å². The first-order valence-electron chi connectivity index (χ1n) is 10.5. The summed E-state index contributed by atoms with van der Waals surface area (Å²) in [5.74, 6) is -0.785. The first-order chi connectivity index (χ1) is 14.1. The number of aliphatic hydroxyl groups is 2. The molecule has 4 aliphatic rings. The van der Waals surface area contributed by atoms with Crippen LogP contribution in [0.5, 0.6) is 0 Å². The maximum absolute atomic E-state index is 12.0. The molecule has 2 N–H and O–H groups in total. The van der Waals surface area contributed by atoms with Gasteiger partial charge >= 0.3 is 11.9 Å². The number of fused-ring (bicyclic) bond motifs is 2. The lowest BCUT2D eigenvalue weighted by atomic mass is 9.78. The van der Waals surface area contributed by atoms with Gasteiger partial charge in [-0.3, -0.25) is 4.79 Å². The van der Waals surface area contributed by atoms with Gasteiger partial charge in [-0.1, -0.05) is 18.7 Å². The number of ether oxygens (including phenoxy) is 4. The molecule has 0 aromatic carbocycles. The molecule has 4 fully saturated rings. The lowest BCUT2D eigenvalue weighted by molar-refractivity contribution is -0.307. The van der Waals surface area contributed by atoms with Crippen molar-refractivity contribution >= 4 is 11.9 Å². The van der Waals surface area contributed by atoms with Crippen LogP contribution in [0.15, 0.2) is 24.3 Å². The number of rotatable bonds is 3. The summed E-state index contributed by atoms with van der Waals surface area (Å²) in [5, 5.41) is 20.3. The highest BCUT2D eigenvalue weighted by Crippen LogP contribution is 2.54. The van der Waals surface area contributed by atoms with Gasteiger partial charge in [-0.05, 0) is 38.0 Å². The van der Waals surface area contributed by atoms with Crippen molar-refractivity contribution in [3.63, 3.8) is 0 Å². The minimum atomic E-state index is -1.30. The maximum Gasteiger partial charge on any atom is 0.334 e. The smallest absolute Gasteiger partial charge is 0.334 e. The molecule has 0 aromatic rings. The molecule has 0 amide bonds. The van der Waals surface area contributed by atoms with Gasteiger partial charge < -0.3 is 29.2 Å². The Morgan fingerprint density at radius 3 is 2.70 bits per heavy atom. The largest absolute Gasteiger partial charge is 0.458 e. The van der Waals surface area contributed by atoms with Crippen LogP contribution < -0.4 is 0 Å². The molecule has 9 unspecified atom stereocenters. The van der Waals surface area contributed by atoms with Gasteiger partial charge in [0.05, 0.1) is 12.2 Å². The van der Waals surface area contributed by atoms with E-state index >= 15 is 0 Å². The van der Waals surface area contributed by atoms with Crippen LogP contribution in [0, 0.1) is 17.8 Å². The summed E-state index contributed by atoms with van der Waals surface area (Å²) < 4.78 is 22.8. The first kappa shape index (κ1) is 21.5. The number of aliphatic hydroxyl groups excluding tert-OH is 2. The van der Waals surface area contributed by atoms with Crippen molar-refractivity contribution < 1.29 is 38.7 Å². The summed E-state index contributed by atoms with van der Waals surface area (Å²) in [5.41, 5.74) is 0.881. The van der Waals surface area contributed by atoms with Crippen LogP contribution in [0.4, 0.5) is 0 Å². The Bertz CT molecular complexity index is 762. The second kappa shape index (κ2) is 7.75. The normalized spacial score (nSPS) is 46.1. The molecule has 2 aliphatic carbocycles. The zero-order chi connectivity index (χ0) is 21.8. The van der Waals surface area contributed by atoms with Crippen molar-refractivity contribution in [1.82, 2.24) is 0 Å². The Morgan fingerprint density at radius 1 is 1.27 bits per heavy atom. The lowest BCUT2D eigenvalue weighted by Gasteiger charge is -2.43. The zero-order valence-electron chi connectivity index (χ0n) is 17.4. The Labute approximate surface area is 175 Å². The molecule has 2 heterocycles. The minimum absolute atomic E-state index is 0.0387. The highest BCUT2D eigenvalue weighted by atomic mass is 16.7. The van der Waals surface area contributed by atoms with Crippen molar-refractivity contribution in [1.29, 1.82) is 0 Å². The van der Waals surface area contributed by atoms with E-state index < -0.39 is 36.2 Å². The third-order valence-electron chi connectivity index (χ3n) is 7.25. The van der Waals surface area contributed by atoms with E-state index in [1.165, 1.54) is 6.92 Å². The molecule has 2 saturated heterocycles. The van der Waals surface area contributed by atoms with Crippen LogP contribution in [-0.2, 0) is 28.5 Å². The zero-order valence-corrected chi connectivity index (χ0v) is 17.4. The maximum atomic E-state index is 12.0. The van der Waals surface area contributed by atoms with Crippen LogP contribution >= 0.6 is 0 Å². The summed E-state index contributed by atoms with van der Waals surface area (Å²) in [6.07, 6.45) is -1.95. The van der Waals surface area contributed by atoms with Gasteiger partial charge in [-0.25, -0.2) is 4.79 Å². The van der Waals surface area contributed by atoms with Crippen LogP contribution in [-0.4, -0.2) is 65.1 Å². The fourth-order valence-corrected chi connectivity index (χ4v) is 5.59. The molecule has 9 atom stereocenters. The first-order valence-corrected chi connectivity index (χ1v) is 10.5. The van der Waals surface area contributed by atoms with E-state index in [0.717, 1.165) is 18.4 Å². The summed E-state index contributed by atoms with van der Waals surface area (Å²) >= 11 is 0. The van der Waals surface area contributed by atoms with Crippen LogP contribution in [0.2, 0.25) is 0 Å². The predicted octanol–water partition coefficient (Wildman–Crippen LogP) is 1.25. The molecule has 2 saturated carbocycles. The van der Waals surface area contributed by atoms with Crippen molar-refractivity contribution in [3.05, 3.63) is 24.3 Å². The van der Waals surface area contributed by atoms with Crippen molar-refractivity contribution in [2.75, 3.05) is 6.61 Å². The van der Waals surface area contributed by atoms with Gasteiger partial charge in [0.2, 0.25) is 0 Å². The minimum Gasteiger partial charge on any atom is -0.458 e. The molecule has 0 spiro atoms. The quantitative estimate of drug-likeness (QED) is 0.397. The van der Waals surface area contributed by atoms with E-state index in [1.54, 1.807) is 0 Å². The molecule has 8 heteroatoms. The van der Waals surface area contributed by atoms with Gasteiger partial charge in [-0.15, -0.1) is 0 Å². The molecule has 0 bridgehead atoms. The second-order valence-corrected chi connectivity index (χ2v) is 9.19. The number of esters is 2. The number of carbonyl (C=O) groups is 2. The summed E-state index contributed by atoms with van der Waals surface area (Å²) in [4.78, 5) is 23.6. The van der Waals surface area contributed by atoms with Crippen LogP contribution in [0.3, 0.4) is 0 Å². The molecule has 166 valence electrons. The molecular weight excluding hydrogens is 392 g/mol. The second-order valence-electron chi connectivity index (χ2n) is 9.19. The fourth-order valence-electron chi connectivity index (χ4n) is 5.59. The summed E-state index contributed by atoms with van der Waals surface area (Å²) in [7, 11) is 0. The Morgan fingerprint density at radius 2 is 2.00 bits per heavy atom. The average Bonchev–Trinajstić information content (AvgIpc) is 3.07. The number of carbonyl (C=O) groups excluding carboxylic acids is 2. The Hall–Kier alpha value is -1.74. The molecule has 8 nitrogen and oxygen atoms in total. The predicted molar refractivity (Wildman–Crippen MR) is 104 cm³/mol.